The molecule has 78 valence electrons. The summed E-state index contributed by atoms with van der Waals surface area (Å²) >= 11 is 3.06. The normalized spacial score (nSPS) is 10.5. The summed E-state index contributed by atoms with van der Waals surface area (Å²) in [4.78, 5) is 20.0. The number of thiazole rings is 2. The van der Waals surface area contributed by atoms with Crippen LogP contribution in [-0.4, -0.2) is 15.8 Å². The van der Waals surface area contributed by atoms with E-state index in [-0.39, 0.29) is 5.78 Å². The van der Waals surface area contributed by atoms with Gasteiger partial charge in [0, 0.05) is 22.7 Å². The molecule has 3 nitrogen and oxygen atoms in total. The highest BCUT2D eigenvalue weighted by Crippen LogP contribution is 2.12. The van der Waals surface area contributed by atoms with E-state index in [1.54, 1.807) is 17.5 Å². The first-order chi connectivity index (χ1) is 7.24. The molecule has 15 heavy (non-hydrogen) atoms. The van der Waals surface area contributed by atoms with Crippen molar-refractivity contribution < 1.29 is 4.79 Å². The number of carbonyl (C=O) groups excluding carboxylic acids is 1. The summed E-state index contributed by atoms with van der Waals surface area (Å²) in [5.41, 5.74) is 0.983. The van der Waals surface area contributed by atoms with Gasteiger partial charge < -0.3 is 0 Å². The fourth-order valence-corrected chi connectivity index (χ4v) is 2.67. The van der Waals surface area contributed by atoms with Gasteiger partial charge in [0.2, 0.25) is 0 Å². The van der Waals surface area contributed by atoms with E-state index >= 15 is 0 Å². The summed E-state index contributed by atoms with van der Waals surface area (Å²) in [6.07, 6.45) is 2.58. The number of aromatic nitrogens is 2. The van der Waals surface area contributed by atoms with Gasteiger partial charge in [-0.3, -0.25) is 4.79 Å². The zero-order valence-electron chi connectivity index (χ0n) is 8.27. The molecule has 0 unspecified atom stereocenters. The van der Waals surface area contributed by atoms with Gasteiger partial charge in [0.25, 0.3) is 0 Å². The Morgan fingerprint density at radius 3 is 2.73 bits per heavy atom. The highest BCUT2D eigenvalue weighted by Gasteiger charge is 2.09. The SMILES string of the molecule is Cc1csc(CC(=O)Cc2nccs2)n1. The van der Waals surface area contributed by atoms with Crippen LogP contribution in [0.3, 0.4) is 0 Å². The van der Waals surface area contributed by atoms with Gasteiger partial charge in [-0.05, 0) is 6.92 Å². The van der Waals surface area contributed by atoms with E-state index in [9.17, 15) is 4.79 Å². The van der Waals surface area contributed by atoms with Crippen LogP contribution in [0.15, 0.2) is 17.0 Å². The number of aryl methyl sites for hydroxylation is 1. The summed E-state index contributed by atoms with van der Waals surface area (Å²) in [6.45, 7) is 1.94. The number of hydrogen-bond acceptors (Lipinski definition) is 5. The van der Waals surface area contributed by atoms with E-state index in [2.05, 4.69) is 9.97 Å². The Morgan fingerprint density at radius 2 is 2.13 bits per heavy atom. The minimum absolute atomic E-state index is 0.180. The van der Waals surface area contributed by atoms with E-state index in [0.29, 0.717) is 12.8 Å². The molecule has 0 aliphatic rings. The van der Waals surface area contributed by atoms with Gasteiger partial charge in [0.05, 0.1) is 17.8 Å². The number of carbonyl (C=O) groups is 1. The second-order valence-electron chi connectivity index (χ2n) is 3.20. The maximum atomic E-state index is 11.6. The number of ketones is 1. The summed E-state index contributed by atoms with van der Waals surface area (Å²) in [7, 11) is 0. The van der Waals surface area contributed by atoms with Crippen molar-refractivity contribution >= 4 is 28.5 Å². The Kier molecular flexibility index (Phi) is 3.23. The zero-order valence-corrected chi connectivity index (χ0v) is 9.90. The minimum atomic E-state index is 0.180. The third kappa shape index (κ3) is 2.94. The van der Waals surface area contributed by atoms with Crippen LogP contribution in [0.5, 0.6) is 0 Å². The summed E-state index contributed by atoms with van der Waals surface area (Å²) in [5, 5.41) is 5.63. The van der Waals surface area contributed by atoms with Crippen LogP contribution >= 0.6 is 22.7 Å². The van der Waals surface area contributed by atoms with Crippen molar-refractivity contribution in [2.75, 3.05) is 0 Å². The molecular formula is C10H10N2OS2. The lowest BCUT2D eigenvalue weighted by Gasteiger charge is -1.94. The molecule has 0 aliphatic heterocycles. The Labute approximate surface area is 95.8 Å². The number of nitrogens with zero attached hydrogens (tertiary/aromatic N) is 2. The molecule has 2 heterocycles. The molecule has 0 saturated heterocycles. The molecule has 0 aliphatic carbocycles. The van der Waals surface area contributed by atoms with Crippen molar-refractivity contribution in [1.82, 2.24) is 9.97 Å². The van der Waals surface area contributed by atoms with Crippen molar-refractivity contribution in [2.45, 2.75) is 19.8 Å². The predicted molar refractivity (Wildman–Crippen MR) is 61.4 cm³/mol. The predicted octanol–water partition coefficient (Wildman–Crippen LogP) is 2.26. The Morgan fingerprint density at radius 1 is 1.33 bits per heavy atom. The standard InChI is InChI=1S/C10H10N2OS2/c1-7-6-15-10(12-7)5-8(13)4-9-11-2-3-14-9/h2-3,6H,4-5H2,1H3. The summed E-state index contributed by atoms with van der Waals surface area (Å²) in [6, 6.07) is 0. The van der Waals surface area contributed by atoms with Gasteiger partial charge in [-0.2, -0.15) is 0 Å². The zero-order chi connectivity index (χ0) is 10.7. The lowest BCUT2D eigenvalue weighted by Crippen LogP contribution is -2.05. The topological polar surface area (TPSA) is 42.9 Å². The second-order valence-corrected chi connectivity index (χ2v) is 5.12. The van der Waals surface area contributed by atoms with Gasteiger partial charge in [-0.15, -0.1) is 22.7 Å². The second kappa shape index (κ2) is 4.63. The van der Waals surface area contributed by atoms with Crippen LogP contribution in [0.2, 0.25) is 0 Å². The van der Waals surface area contributed by atoms with Crippen LogP contribution in [0.4, 0.5) is 0 Å². The van der Waals surface area contributed by atoms with Gasteiger partial charge in [-0.1, -0.05) is 0 Å². The molecule has 0 aromatic carbocycles. The van der Waals surface area contributed by atoms with Crippen molar-refractivity contribution in [3.05, 3.63) is 32.7 Å². The van der Waals surface area contributed by atoms with E-state index in [0.717, 1.165) is 15.7 Å². The van der Waals surface area contributed by atoms with Gasteiger partial charge >= 0.3 is 0 Å². The minimum Gasteiger partial charge on any atom is -0.299 e. The first-order valence-electron chi connectivity index (χ1n) is 4.55. The maximum absolute atomic E-state index is 11.6. The number of rotatable bonds is 4. The third-order valence-electron chi connectivity index (χ3n) is 1.85. The van der Waals surface area contributed by atoms with E-state index in [1.807, 2.05) is 17.7 Å². The van der Waals surface area contributed by atoms with Crippen LogP contribution < -0.4 is 0 Å². The molecule has 2 aromatic rings. The molecule has 0 saturated carbocycles. The van der Waals surface area contributed by atoms with E-state index in [4.69, 9.17) is 0 Å². The molecule has 0 spiro atoms. The first kappa shape index (κ1) is 10.4. The van der Waals surface area contributed by atoms with Crippen molar-refractivity contribution in [3.8, 4) is 0 Å². The highest BCUT2D eigenvalue weighted by molar-refractivity contribution is 7.10. The largest absolute Gasteiger partial charge is 0.299 e. The van der Waals surface area contributed by atoms with Gasteiger partial charge in [0.1, 0.15) is 10.8 Å². The molecule has 2 rings (SSSR count). The lowest BCUT2D eigenvalue weighted by atomic mass is 10.2. The number of hydrogen-bond donors (Lipinski definition) is 0. The highest BCUT2D eigenvalue weighted by atomic mass is 32.1. The first-order valence-corrected chi connectivity index (χ1v) is 6.31. The Hall–Kier alpha value is -1.07. The molecular weight excluding hydrogens is 228 g/mol. The van der Waals surface area contributed by atoms with Crippen LogP contribution in [-0.2, 0) is 17.6 Å². The summed E-state index contributed by atoms with van der Waals surface area (Å²) in [5.74, 6) is 0.180. The molecule has 0 amide bonds. The maximum Gasteiger partial charge on any atom is 0.146 e. The van der Waals surface area contributed by atoms with Crippen LogP contribution in [0, 0.1) is 6.92 Å². The smallest absolute Gasteiger partial charge is 0.146 e. The molecule has 5 heteroatoms. The fourth-order valence-electron chi connectivity index (χ4n) is 1.22. The average Bonchev–Trinajstić information content (AvgIpc) is 2.77. The molecule has 0 N–H and O–H groups in total. The molecule has 0 bridgehead atoms. The van der Waals surface area contributed by atoms with Gasteiger partial charge in [0.15, 0.2) is 0 Å². The van der Waals surface area contributed by atoms with Gasteiger partial charge in [-0.25, -0.2) is 9.97 Å². The van der Waals surface area contributed by atoms with Crippen LogP contribution in [0.1, 0.15) is 15.7 Å². The van der Waals surface area contributed by atoms with E-state index in [1.165, 1.54) is 11.3 Å². The third-order valence-corrected chi connectivity index (χ3v) is 3.59. The monoisotopic (exact) mass is 238 g/mol. The van der Waals surface area contributed by atoms with Crippen molar-refractivity contribution in [3.63, 3.8) is 0 Å². The lowest BCUT2D eigenvalue weighted by molar-refractivity contribution is -0.117. The Bertz CT molecular complexity index is 448. The number of Topliss-reactive ketones (excluding diaryl/α,β-unsaturated/α-hetero) is 1. The van der Waals surface area contributed by atoms with Crippen LogP contribution in [0.25, 0.3) is 0 Å². The average molecular weight is 238 g/mol. The Balaban J connectivity index is 1.93. The van der Waals surface area contributed by atoms with Crippen molar-refractivity contribution in [2.24, 2.45) is 0 Å². The van der Waals surface area contributed by atoms with E-state index < -0.39 is 0 Å². The fraction of sp³-hybridized carbons (Fsp3) is 0.300. The van der Waals surface area contributed by atoms with Crippen molar-refractivity contribution in [1.29, 1.82) is 0 Å². The molecule has 2 aromatic heterocycles. The molecule has 0 atom stereocenters. The molecule has 0 fully saturated rings. The molecule has 0 radical (unpaired) electrons. The summed E-state index contributed by atoms with van der Waals surface area (Å²) < 4.78 is 0. The quantitative estimate of drug-likeness (QED) is 0.820.